The van der Waals surface area contributed by atoms with Gasteiger partial charge < -0.3 is 19.7 Å². The van der Waals surface area contributed by atoms with E-state index in [9.17, 15) is 9.59 Å². The van der Waals surface area contributed by atoms with Gasteiger partial charge in [0.05, 0.1) is 30.9 Å². The van der Waals surface area contributed by atoms with Crippen LogP contribution in [0.1, 0.15) is 36.5 Å². The first kappa shape index (κ1) is 23.2. The molecule has 1 amide bonds. The lowest BCUT2D eigenvalue weighted by Crippen LogP contribution is -2.28. The molecular formula is C25H31N3O4. The number of pyridine rings is 1. The Kier molecular flexibility index (Phi) is 7.41. The Bertz CT molecular complexity index is 1170. The van der Waals surface area contributed by atoms with E-state index in [1.807, 2.05) is 43.3 Å². The van der Waals surface area contributed by atoms with Crippen molar-refractivity contribution >= 4 is 22.4 Å². The van der Waals surface area contributed by atoms with Gasteiger partial charge in [0.2, 0.25) is 0 Å². The van der Waals surface area contributed by atoms with Gasteiger partial charge >= 0.3 is 0 Å². The van der Waals surface area contributed by atoms with Gasteiger partial charge in [-0.15, -0.1) is 0 Å². The number of hydrogen-bond donors (Lipinski definition) is 1. The Balaban J connectivity index is 2.22. The van der Waals surface area contributed by atoms with E-state index in [-0.39, 0.29) is 11.5 Å². The minimum atomic E-state index is -0.237. The second-order valence-electron chi connectivity index (χ2n) is 7.85. The highest BCUT2D eigenvalue weighted by atomic mass is 16.5. The van der Waals surface area contributed by atoms with Gasteiger partial charge in [0, 0.05) is 37.9 Å². The molecule has 170 valence electrons. The molecule has 0 atom stereocenters. The van der Waals surface area contributed by atoms with Gasteiger partial charge in [-0.05, 0) is 36.8 Å². The van der Waals surface area contributed by atoms with Crippen LogP contribution in [0, 0.1) is 0 Å². The van der Waals surface area contributed by atoms with E-state index in [1.54, 1.807) is 18.3 Å². The average Bonchev–Trinajstić information content (AvgIpc) is 2.81. The zero-order chi connectivity index (χ0) is 23.3. The third-order valence-corrected chi connectivity index (χ3v) is 5.46. The van der Waals surface area contributed by atoms with E-state index >= 15 is 0 Å². The van der Waals surface area contributed by atoms with Crippen LogP contribution in [0.2, 0.25) is 0 Å². The summed E-state index contributed by atoms with van der Waals surface area (Å²) in [6.45, 7) is 2.70. The van der Waals surface area contributed by atoms with Gasteiger partial charge in [-0.25, -0.2) is 0 Å². The molecule has 0 fully saturated rings. The van der Waals surface area contributed by atoms with Gasteiger partial charge in [0.15, 0.2) is 11.5 Å². The molecule has 1 heterocycles. The zero-order valence-electron chi connectivity index (χ0n) is 19.4. The number of fused-ring (bicyclic) bond motifs is 1. The second-order valence-corrected chi connectivity index (χ2v) is 7.85. The molecule has 32 heavy (non-hydrogen) atoms. The molecule has 1 aromatic heterocycles. The molecule has 0 saturated heterocycles. The van der Waals surface area contributed by atoms with Crippen LogP contribution >= 0.6 is 0 Å². The van der Waals surface area contributed by atoms with Crippen LogP contribution in [-0.2, 0) is 0 Å². The van der Waals surface area contributed by atoms with Crippen molar-refractivity contribution in [3.8, 4) is 17.2 Å². The third kappa shape index (κ3) is 4.72. The predicted octanol–water partition coefficient (Wildman–Crippen LogP) is 3.99. The minimum Gasteiger partial charge on any atom is -0.493 e. The Morgan fingerprint density at radius 3 is 2.34 bits per heavy atom. The van der Waals surface area contributed by atoms with Crippen molar-refractivity contribution in [1.29, 1.82) is 0 Å². The molecule has 7 heteroatoms. The summed E-state index contributed by atoms with van der Waals surface area (Å²) in [5, 5.41) is 3.90. The molecule has 7 nitrogen and oxygen atoms in total. The van der Waals surface area contributed by atoms with Crippen molar-refractivity contribution in [2.75, 3.05) is 39.8 Å². The van der Waals surface area contributed by atoms with Crippen molar-refractivity contribution in [2.45, 2.75) is 26.2 Å². The maximum absolute atomic E-state index is 13.5. The van der Waals surface area contributed by atoms with Crippen molar-refractivity contribution < 1.29 is 14.3 Å². The SMILES string of the molecule is CCCCCNC(=O)c1cn(-c2cccc(N(C)C)c2)c(=O)c2cc(OC)c(OC)cc12. The standard InChI is InChI=1S/C25H31N3O4/c1-6-7-8-12-26-24(29)21-16-28(18-11-9-10-17(13-18)27(2)3)25(30)20-15-23(32-5)22(31-4)14-19(20)21/h9-11,13-16H,6-8,12H2,1-5H3,(H,26,29). The number of carbonyl (C=O) groups is 1. The number of anilines is 1. The van der Waals surface area contributed by atoms with Gasteiger partial charge in [0.1, 0.15) is 0 Å². The summed E-state index contributed by atoms with van der Waals surface area (Å²) in [7, 11) is 6.93. The molecule has 0 aliphatic carbocycles. The number of carbonyl (C=O) groups excluding carboxylic acids is 1. The number of nitrogens with zero attached hydrogens (tertiary/aromatic N) is 2. The number of aromatic nitrogens is 1. The van der Waals surface area contributed by atoms with Crippen LogP contribution in [0.3, 0.4) is 0 Å². The predicted molar refractivity (Wildman–Crippen MR) is 129 cm³/mol. The number of ether oxygens (including phenoxy) is 2. The van der Waals surface area contributed by atoms with Crippen LogP contribution < -0.4 is 25.2 Å². The number of hydrogen-bond acceptors (Lipinski definition) is 5. The van der Waals surface area contributed by atoms with Crippen molar-refractivity contribution in [3.05, 3.63) is 58.5 Å². The van der Waals surface area contributed by atoms with Crippen molar-refractivity contribution in [2.24, 2.45) is 0 Å². The quantitative estimate of drug-likeness (QED) is 0.513. The van der Waals surface area contributed by atoms with Crippen LogP contribution in [0.25, 0.3) is 16.5 Å². The number of rotatable bonds is 9. The molecule has 0 saturated carbocycles. The van der Waals surface area contributed by atoms with Gasteiger partial charge in [-0.3, -0.25) is 14.2 Å². The maximum Gasteiger partial charge on any atom is 0.263 e. The third-order valence-electron chi connectivity index (χ3n) is 5.46. The van der Waals surface area contributed by atoms with Crippen molar-refractivity contribution in [1.82, 2.24) is 9.88 Å². The van der Waals surface area contributed by atoms with E-state index < -0.39 is 0 Å². The van der Waals surface area contributed by atoms with Gasteiger partial charge in [-0.2, -0.15) is 0 Å². The highest BCUT2D eigenvalue weighted by Crippen LogP contribution is 2.32. The molecule has 0 aliphatic heterocycles. The Hall–Kier alpha value is -3.48. The number of nitrogens with one attached hydrogen (secondary N) is 1. The van der Waals surface area contributed by atoms with Crippen molar-refractivity contribution in [3.63, 3.8) is 0 Å². The lowest BCUT2D eigenvalue weighted by atomic mass is 10.0. The smallest absolute Gasteiger partial charge is 0.263 e. The molecule has 3 aromatic rings. The first-order valence-corrected chi connectivity index (χ1v) is 10.8. The molecule has 1 N–H and O–H groups in total. The van der Waals surface area contributed by atoms with E-state index in [0.29, 0.717) is 40.1 Å². The Labute approximate surface area is 188 Å². The molecule has 0 spiro atoms. The maximum atomic E-state index is 13.5. The molecule has 0 radical (unpaired) electrons. The zero-order valence-corrected chi connectivity index (χ0v) is 19.4. The first-order chi connectivity index (χ1) is 15.4. The first-order valence-electron chi connectivity index (χ1n) is 10.8. The largest absolute Gasteiger partial charge is 0.493 e. The Morgan fingerprint density at radius 1 is 1.03 bits per heavy atom. The summed E-state index contributed by atoms with van der Waals surface area (Å²) in [5.74, 6) is 0.675. The van der Waals surface area contributed by atoms with E-state index in [1.165, 1.54) is 18.8 Å². The summed E-state index contributed by atoms with van der Waals surface area (Å²) in [6.07, 6.45) is 4.63. The summed E-state index contributed by atoms with van der Waals surface area (Å²) in [6, 6.07) is 10.9. The topological polar surface area (TPSA) is 72.8 Å². The summed E-state index contributed by atoms with van der Waals surface area (Å²) < 4.78 is 12.3. The molecule has 0 unspecified atom stereocenters. The summed E-state index contributed by atoms with van der Waals surface area (Å²) in [4.78, 5) is 28.6. The summed E-state index contributed by atoms with van der Waals surface area (Å²) in [5.41, 5.74) is 1.80. The van der Waals surface area contributed by atoms with Crippen LogP contribution in [0.4, 0.5) is 5.69 Å². The minimum absolute atomic E-state index is 0.226. The van der Waals surface area contributed by atoms with E-state index in [4.69, 9.17) is 9.47 Å². The highest BCUT2D eigenvalue weighted by molar-refractivity contribution is 6.07. The fraction of sp³-hybridized carbons (Fsp3) is 0.360. The second kappa shape index (κ2) is 10.2. The summed E-state index contributed by atoms with van der Waals surface area (Å²) >= 11 is 0. The average molecular weight is 438 g/mol. The van der Waals surface area contributed by atoms with Crippen LogP contribution in [0.15, 0.2) is 47.4 Å². The number of unbranched alkanes of at least 4 members (excludes halogenated alkanes) is 2. The fourth-order valence-corrected chi connectivity index (χ4v) is 3.63. The Morgan fingerprint density at radius 2 is 1.72 bits per heavy atom. The molecule has 0 bridgehead atoms. The lowest BCUT2D eigenvalue weighted by molar-refractivity contribution is 0.0954. The van der Waals surface area contributed by atoms with Gasteiger partial charge in [0.25, 0.3) is 11.5 Å². The monoisotopic (exact) mass is 437 g/mol. The molecule has 0 aliphatic rings. The molecule has 2 aromatic carbocycles. The fourth-order valence-electron chi connectivity index (χ4n) is 3.63. The molecule has 3 rings (SSSR count). The van der Waals surface area contributed by atoms with Gasteiger partial charge in [-0.1, -0.05) is 25.8 Å². The number of benzene rings is 2. The van der Waals surface area contributed by atoms with Crippen LogP contribution in [-0.4, -0.2) is 45.3 Å². The number of amides is 1. The normalized spacial score (nSPS) is 10.8. The molecular weight excluding hydrogens is 406 g/mol. The lowest BCUT2D eigenvalue weighted by Gasteiger charge is -2.17. The number of methoxy groups -OCH3 is 2. The van der Waals surface area contributed by atoms with Crippen LogP contribution in [0.5, 0.6) is 11.5 Å². The van der Waals surface area contributed by atoms with E-state index in [0.717, 1.165) is 24.9 Å². The highest BCUT2D eigenvalue weighted by Gasteiger charge is 2.19. The van der Waals surface area contributed by atoms with E-state index in [2.05, 4.69) is 12.2 Å².